The van der Waals surface area contributed by atoms with Gasteiger partial charge < -0.3 is 19.7 Å². The molecule has 0 radical (unpaired) electrons. The maximum Gasteiger partial charge on any atom is 0.286 e. The molecule has 37 heavy (non-hydrogen) atoms. The number of nitrogens with zero attached hydrogens (tertiary/aromatic N) is 1. The van der Waals surface area contributed by atoms with E-state index in [9.17, 15) is 14.7 Å². The molecule has 1 saturated heterocycles. The second kappa shape index (κ2) is 12.0. The maximum atomic E-state index is 11.8. The van der Waals surface area contributed by atoms with E-state index in [1.165, 1.54) is 0 Å². The van der Waals surface area contributed by atoms with Crippen molar-refractivity contribution >= 4 is 22.9 Å². The summed E-state index contributed by atoms with van der Waals surface area (Å²) in [6, 6.07) is 7.99. The van der Waals surface area contributed by atoms with Gasteiger partial charge in [0.15, 0.2) is 0 Å². The van der Waals surface area contributed by atoms with Crippen molar-refractivity contribution in [3.8, 4) is 17.0 Å². The third-order valence-corrected chi connectivity index (χ3v) is 7.48. The van der Waals surface area contributed by atoms with E-state index in [1.807, 2.05) is 38.1 Å². The number of carbonyl (C=O) groups excluding carboxylic acids is 2. The Hall–Kier alpha value is -2.98. The second-order valence-corrected chi connectivity index (χ2v) is 10.5. The van der Waals surface area contributed by atoms with Gasteiger partial charge in [0.25, 0.3) is 5.24 Å². The van der Waals surface area contributed by atoms with Gasteiger partial charge in [0.1, 0.15) is 12.7 Å². The lowest BCUT2D eigenvalue weighted by Gasteiger charge is -2.20. The van der Waals surface area contributed by atoms with E-state index in [0.717, 1.165) is 50.8 Å². The number of hydrogen-bond acceptors (Lipinski definition) is 8. The number of allylic oxidation sites excluding steroid dienone is 2. The molecule has 1 fully saturated rings. The van der Waals surface area contributed by atoms with E-state index >= 15 is 0 Å². The van der Waals surface area contributed by atoms with Gasteiger partial charge in [-0.1, -0.05) is 53.8 Å². The van der Waals surface area contributed by atoms with E-state index in [0.29, 0.717) is 25.3 Å². The molecule has 8 nitrogen and oxygen atoms in total. The Balaban J connectivity index is 1.39. The predicted octanol–water partition coefficient (Wildman–Crippen LogP) is 3.92. The first-order valence-corrected chi connectivity index (χ1v) is 13.1. The van der Waals surface area contributed by atoms with Crippen molar-refractivity contribution < 1.29 is 29.3 Å². The number of nitrogens with one attached hydrogen (secondary N) is 1. The van der Waals surface area contributed by atoms with Crippen molar-refractivity contribution in [1.29, 1.82) is 0 Å². The van der Waals surface area contributed by atoms with E-state index in [1.54, 1.807) is 0 Å². The number of rotatable bonds is 10. The standard InChI is InChI=1S/C28H32N2O6S/c1-16-11-25(36-15-21(32)13-31)29-18(3)26(16)23-6-4-5-20(17(23)2)14-35-22-9-7-19(8-10-22)12-24-27(33)30-28(34)37-24/h4-9,11,21-22,24,31-32H,10,12-15H2,1-3H3,(H,30,33,34)/t21-,22?,24?/m1/s1. The third-order valence-electron chi connectivity index (χ3n) is 6.50. The summed E-state index contributed by atoms with van der Waals surface area (Å²) in [4.78, 5) is 27.7. The molecular formula is C28H32N2O6S. The summed E-state index contributed by atoms with van der Waals surface area (Å²) in [5, 5.41) is 20.2. The highest BCUT2D eigenvalue weighted by Gasteiger charge is 2.32. The van der Waals surface area contributed by atoms with Crippen molar-refractivity contribution in [2.45, 2.75) is 57.7 Å². The third kappa shape index (κ3) is 6.67. The van der Waals surface area contributed by atoms with Crippen LogP contribution in [0, 0.1) is 20.8 Å². The lowest BCUT2D eigenvalue weighted by molar-refractivity contribution is -0.118. The molecule has 1 aromatic carbocycles. The lowest BCUT2D eigenvalue weighted by Crippen LogP contribution is -2.24. The zero-order chi connectivity index (χ0) is 26.5. The van der Waals surface area contributed by atoms with Crippen molar-refractivity contribution in [3.05, 3.63) is 70.5 Å². The highest BCUT2D eigenvalue weighted by Crippen LogP contribution is 2.33. The van der Waals surface area contributed by atoms with Crippen molar-refractivity contribution in [3.63, 3.8) is 0 Å². The normalized spacial score (nSPS) is 20.1. The van der Waals surface area contributed by atoms with Crippen LogP contribution in [0.4, 0.5) is 4.79 Å². The van der Waals surface area contributed by atoms with Crippen LogP contribution in [0.2, 0.25) is 0 Å². The minimum Gasteiger partial charge on any atom is -0.475 e. The summed E-state index contributed by atoms with van der Waals surface area (Å²) in [5.41, 5.74) is 7.18. The first-order valence-electron chi connectivity index (χ1n) is 12.2. The van der Waals surface area contributed by atoms with E-state index < -0.39 is 6.10 Å². The van der Waals surface area contributed by atoms with Crippen LogP contribution in [0.15, 0.2) is 48.1 Å². The van der Waals surface area contributed by atoms with Gasteiger partial charge in [0.2, 0.25) is 11.8 Å². The molecule has 3 atom stereocenters. The molecule has 196 valence electrons. The summed E-state index contributed by atoms with van der Waals surface area (Å²) in [6.45, 7) is 6.09. The van der Waals surface area contributed by atoms with Crippen molar-refractivity contribution in [2.24, 2.45) is 0 Å². The van der Waals surface area contributed by atoms with Crippen LogP contribution in [0.3, 0.4) is 0 Å². The van der Waals surface area contributed by atoms with Crippen LogP contribution in [0.1, 0.15) is 35.2 Å². The molecular weight excluding hydrogens is 492 g/mol. The fourth-order valence-corrected chi connectivity index (χ4v) is 5.34. The van der Waals surface area contributed by atoms with Gasteiger partial charge in [0.05, 0.1) is 24.6 Å². The zero-order valence-corrected chi connectivity index (χ0v) is 22.0. The number of thioether (sulfide) groups is 1. The Kier molecular flexibility index (Phi) is 8.81. The number of pyridine rings is 1. The van der Waals surface area contributed by atoms with Gasteiger partial charge in [-0.25, -0.2) is 4.98 Å². The number of benzene rings is 1. The Morgan fingerprint density at radius 2 is 2.05 bits per heavy atom. The average molecular weight is 525 g/mol. The lowest BCUT2D eigenvalue weighted by atomic mass is 9.93. The van der Waals surface area contributed by atoms with Gasteiger partial charge in [0, 0.05) is 17.3 Å². The molecule has 2 heterocycles. The molecule has 0 spiro atoms. The van der Waals surface area contributed by atoms with Gasteiger partial charge in [-0.05, 0) is 55.9 Å². The molecule has 1 aliphatic heterocycles. The zero-order valence-electron chi connectivity index (χ0n) is 21.2. The molecule has 3 N–H and O–H groups in total. The summed E-state index contributed by atoms with van der Waals surface area (Å²) < 4.78 is 11.7. The Bertz CT molecular complexity index is 1220. The number of amides is 2. The highest BCUT2D eigenvalue weighted by molar-refractivity contribution is 8.15. The average Bonchev–Trinajstić information content (AvgIpc) is 3.19. The van der Waals surface area contributed by atoms with Gasteiger partial charge in [-0.3, -0.25) is 14.9 Å². The quantitative estimate of drug-likeness (QED) is 0.428. The monoisotopic (exact) mass is 524 g/mol. The van der Waals surface area contributed by atoms with Gasteiger partial charge in [-0.15, -0.1) is 0 Å². The first-order chi connectivity index (χ1) is 17.7. The maximum absolute atomic E-state index is 11.8. The molecule has 2 unspecified atom stereocenters. The minimum absolute atomic E-state index is 0.0194. The van der Waals surface area contributed by atoms with Crippen LogP contribution < -0.4 is 10.1 Å². The summed E-state index contributed by atoms with van der Waals surface area (Å²) in [6.07, 6.45) is 6.31. The first kappa shape index (κ1) is 27.1. The number of aryl methyl sites for hydroxylation is 2. The SMILES string of the molecule is Cc1cc(OC[C@H](O)CO)nc(C)c1-c1cccc(COC2C=CC(CC3SC(=O)NC3=O)=CC2)c1C. The predicted molar refractivity (Wildman–Crippen MR) is 142 cm³/mol. The van der Waals surface area contributed by atoms with Crippen LogP contribution in [0.5, 0.6) is 5.88 Å². The Labute approximate surface area is 220 Å². The van der Waals surface area contributed by atoms with E-state index in [4.69, 9.17) is 14.6 Å². The van der Waals surface area contributed by atoms with Crippen molar-refractivity contribution in [1.82, 2.24) is 10.3 Å². The molecule has 2 aliphatic rings. The van der Waals surface area contributed by atoms with Crippen LogP contribution in [0.25, 0.3) is 11.1 Å². The van der Waals surface area contributed by atoms with E-state index in [-0.39, 0.29) is 35.7 Å². The number of imide groups is 1. The molecule has 4 rings (SSSR count). The Morgan fingerprint density at radius 1 is 1.24 bits per heavy atom. The van der Waals surface area contributed by atoms with Crippen molar-refractivity contribution in [2.75, 3.05) is 13.2 Å². The largest absolute Gasteiger partial charge is 0.475 e. The minimum atomic E-state index is -0.944. The number of hydrogen-bond donors (Lipinski definition) is 3. The number of aliphatic hydroxyl groups is 2. The van der Waals surface area contributed by atoms with Crippen LogP contribution in [-0.4, -0.2) is 57.0 Å². The summed E-state index contributed by atoms with van der Waals surface area (Å²) in [7, 11) is 0. The number of ether oxygens (including phenoxy) is 2. The van der Waals surface area contributed by atoms with Crippen LogP contribution in [-0.2, 0) is 16.1 Å². The van der Waals surface area contributed by atoms with Gasteiger partial charge >= 0.3 is 0 Å². The molecule has 9 heteroatoms. The molecule has 2 aromatic rings. The molecule has 1 aliphatic carbocycles. The smallest absolute Gasteiger partial charge is 0.286 e. The summed E-state index contributed by atoms with van der Waals surface area (Å²) in [5.74, 6) is 0.194. The fourth-order valence-electron chi connectivity index (χ4n) is 4.48. The molecule has 0 bridgehead atoms. The number of aliphatic hydroxyl groups excluding tert-OH is 2. The number of carbonyl (C=O) groups is 2. The molecule has 0 saturated carbocycles. The molecule has 1 aromatic heterocycles. The van der Waals surface area contributed by atoms with Gasteiger partial charge in [-0.2, -0.15) is 0 Å². The fraction of sp³-hybridized carbons (Fsp3) is 0.393. The Morgan fingerprint density at radius 3 is 2.70 bits per heavy atom. The summed E-state index contributed by atoms with van der Waals surface area (Å²) >= 11 is 1.05. The molecule has 2 amide bonds. The van der Waals surface area contributed by atoms with E-state index in [2.05, 4.69) is 35.4 Å². The topological polar surface area (TPSA) is 118 Å². The second-order valence-electron chi connectivity index (χ2n) is 9.29. The highest BCUT2D eigenvalue weighted by atomic mass is 32.2. The van der Waals surface area contributed by atoms with Crippen LogP contribution >= 0.6 is 11.8 Å². The number of aromatic nitrogens is 1.